The molecule has 1 aliphatic carbocycles. The Morgan fingerprint density at radius 3 is 2.72 bits per heavy atom. The largest absolute Gasteiger partial charge is 0.381 e. The minimum Gasteiger partial charge on any atom is -0.381 e. The summed E-state index contributed by atoms with van der Waals surface area (Å²) < 4.78 is 5.54. The van der Waals surface area contributed by atoms with Crippen LogP contribution >= 0.6 is 24.0 Å². The maximum Gasteiger partial charge on any atom is 0.220 e. The van der Waals surface area contributed by atoms with Crippen molar-refractivity contribution in [3.63, 3.8) is 0 Å². The van der Waals surface area contributed by atoms with Crippen molar-refractivity contribution < 1.29 is 9.53 Å². The molecule has 2 aliphatic rings. The summed E-state index contributed by atoms with van der Waals surface area (Å²) in [5.74, 6) is 0.451. The number of nitrogens with two attached hydrogens (primary N) is 1. The van der Waals surface area contributed by atoms with E-state index in [1.165, 1.54) is 5.56 Å². The first-order valence-electron chi connectivity index (χ1n) is 8.95. The van der Waals surface area contributed by atoms with Crippen LogP contribution in [0.15, 0.2) is 24.3 Å². The van der Waals surface area contributed by atoms with Gasteiger partial charge in [-0.2, -0.15) is 0 Å². The van der Waals surface area contributed by atoms with Crippen LogP contribution in [0.3, 0.4) is 0 Å². The minimum atomic E-state index is -0.0867. The monoisotopic (exact) mass is 386 g/mol. The molecule has 1 aromatic rings. The van der Waals surface area contributed by atoms with Gasteiger partial charge in [0.15, 0.2) is 0 Å². The fraction of sp³-hybridized carbons (Fsp3) is 0.632. The van der Waals surface area contributed by atoms with Crippen LogP contribution in [-0.4, -0.2) is 31.7 Å². The molecule has 1 aromatic carbocycles. The predicted molar refractivity (Wildman–Crippen MR) is 103 cm³/mol. The van der Waals surface area contributed by atoms with Crippen molar-refractivity contribution in [2.24, 2.45) is 11.7 Å². The van der Waals surface area contributed by atoms with Gasteiger partial charge in [-0.1, -0.05) is 30.2 Å². The van der Waals surface area contributed by atoms with Crippen molar-refractivity contribution in [1.82, 2.24) is 5.32 Å². The number of carbonyl (C=O) groups is 1. The molecule has 4 nitrogen and oxygen atoms in total. The Hall–Kier alpha value is -0.810. The van der Waals surface area contributed by atoms with Gasteiger partial charge in [0, 0.05) is 42.7 Å². The first kappa shape index (κ1) is 20.5. The molecule has 1 saturated heterocycles. The molecule has 0 unspecified atom stereocenters. The van der Waals surface area contributed by atoms with E-state index in [2.05, 4.69) is 11.4 Å². The zero-order chi connectivity index (χ0) is 17.0. The smallest absolute Gasteiger partial charge is 0.220 e. The number of rotatable bonds is 5. The van der Waals surface area contributed by atoms with Gasteiger partial charge in [-0.15, -0.1) is 12.4 Å². The second-order valence-electron chi connectivity index (χ2n) is 7.24. The number of benzene rings is 1. The van der Waals surface area contributed by atoms with Crippen LogP contribution in [0.2, 0.25) is 5.02 Å². The fourth-order valence-corrected chi connectivity index (χ4v) is 4.24. The van der Waals surface area contributed by atoms with Gasteiger partial charge in [0.05, 0.1) is 0 Å². The predicted octanol–water partition coefficient (Wildman–Crippen LogP) is 3.44. The van der Waals surface area contributed by atoms with E-state index in [0.717, 1.165) is 50.3 Å². The van der Waals surface area contributed by atoms with Crippen molar-refractivity contribution in [2.75, 3.05) is 19.8 Å². The zero-order valence-electron chi connectivity index (χ0n) is 14.5. The third-order valence-corrected chi connectivity index (χ3v) is 5.91. The van der Waals surface area contributed by atoms with Crippen LogP contribution in [-0.2, 0) is 14.9 Å². The lowest BCUT2D eigenvalue weighted by Gasteiger charge is -2.38. The highest BCUT2D eigenvalue weighted by molar-refractivity contribution is 6.30. The maximum atomic E-state index is 12.4. The van der Waals surface area contributed by atoms with Crippen molar-refractivity contribution in [3.05, 3.63) is 34.9 Å². The van der Waals surface area contributed by atoms with E-state index in [4.69, 9.17) is 22.1 Å². The third-order valence-electron chi connectivity index (χ3n) is 5.68. The number of ether oxygens (including phenoxy) is 1. The Morgan fingerprint density at radius 2 is 2.08 bits per heavy atom. The van der Waals surface area contributed by atoms with Gasteiger partial charge in [-0.25, -0.2) is 0 Å². The van der Waals surface area contributed by atoms with Crippen LogP contribution in [0.5, 0.6) is 0 Å². The molecule has 0 spiro atoms. The minimum absolute atomic E-state index is 0. The van der Waals surface area contributed by atoms with Gasteiger partial charge in [-0.3, -0.25) is 4.79 Å². The van der Waals surface area contributed by atoms with Crippen molar-refractivity contribution >= 4 is 29.9 Å². The molecule has 1 saturated carbocycles. The molecule has 1 heterocycles. The van der Waals surface area contributed by atoms with Gasteiger partial charge in [0.2, 0.25) is 5.91 Å². The van der Waals surface area contributed by atoms with E-state index in [0.29, 0.717) is 18.9 Å². The standard InChI is InChI=1S/C19H27ClN2O2.ClH/c20-16-5-2-4-15(12-16)19(7-9-24-10-8-19)13-22-18(23)11-14-3-1-6-17(14)21;/h2,4-5,12,14,17H,1,3,6-11,13,21H2,(H,22,23);1H/t14-,17+;/m0./s1. The summed E-state index contributed by atoms with van der Waals surface area (Å²) >= 11 is 6.19. The SMILES string of the molecule is Cl.N[C@@H]1CCC[C@H]1CC(=O)NCC1(c2cccc(Cl)c2)CCOCC1. The van der Waals surface area contributed by atoms with Gasteiger partial charge < -0.3 is 15.8 Å². The van der Waals surface area contributed by atoms with Gasteiger partial charge in [0.25, 0.3) is 0 Å². The lowest BCUT2D eigenvalue weighted by atomic mass is 9.74. The molecule has 6 heteroatoms. The van der Waals surface area contributed by atoms with Crippen molar-refractivity contribution in [2.45, 2.75) is 50.0 Å². The Kier molecular flexibility index (Phi) is 7.56. The van der Waals surface area contributed by atoms with Crippen molar-refractivity contribution in [1.29, 1.82) is 0 Å². The van der Waals surface area contributed by atoms with Crippen molar-refractivity contribution in [3.8, 4) is 0 Å². The number of hydrogen-bond acceptors (Lipinski definition) is 3. The average Bonchev–Trinajstić information content (AvgIpc) is 2.99. The van der Waals surface area contributed by atoms with E-state index >= 15 is 0 Å². The van der Waals surface area contributed by atoms with Gasteiger partial charge in [-0.05, 0) is 49.3 Å². The first-order chi connectivity index (χ1) is 11.6. The number of carbonyl (C=O) groups excluding carboxylic acids is 1. The van der Waals surface area contributed by atoms with Crippen LogP contribution in [0.25, 0.3) is 0 Å². The fourth-order valence-electron chi connectivity index (χ4n) is 4.05. The van der Waals surface area contributed by atoms with E-state index in [9.17, 15) is 4.79 Å². The van der Waals surface area contributed by atoms with E-state index in [-0.39, 0.29) is 29.8 Å². The third kappa shape index (κ3) is 5.10. The molecule has 2 atom stereocenters. The molecule has 3 rings (SSSR count). The summed E-state index contributed by atoms with van der Waals surface area (Å²) in [6.07, 6.45) is 5.60. The lowest BCUT2D eigenvalue weighted by molar-refractivity contribution is -0.122. The topological polar surface area (TPSA) is 64.4 Å². The quantitative estimate of drug-likeness (QED) is 0.814. The van der Waals surface area contributed by atoms with Crippen LogP contribution in [0, 0.1) is 5.92 Å². The Morgan fingerprint density at radius 1 is 1.32 bits per heavy atom. The molecular weight excluding hydrogens is 359 g/mol. The Balaban J connectivity index is 0.00000225. The van der Waals surface area contributed by atoms with Crippen LogP contribution < -0.4 is 11.1 Å². The highest BCUT2D eigenvalue weighted by Crippen LogP contribution is 2.35. The van der Waals surface area contributed by atoms with E-state index < -0.39 is 0 Å². The van der Waals surface area contributed by atoms with E-state index in [1.807, 2.05) is 18.2 Å². The second kappa shape index (κ2) is 9.22. The van der Waals surface area contributed by atoms with Crippen LogP contribution in [0.1, 0.15) is 44.1 Å². The maximum absolute atomic E-state index is 12.4. The highest BCUT2D eigenvalue weighted by atomic mass is 35.5. The molecular formula is C19H28Cl2N2O2. The van der Waals surface area contributed by atoms with Gasteiger partial charge >= 0.3 is 0 Å². The Labute approximate surface area is 161 Å². The average molecular weight is 387 g/mol. The molecule has 25 heavy (non-hydrogen) atoms. The summed E-state index contributed by atoms with van der Waals surface area (Å²) in [6, 6.07) is 8.18. The normalized spacial score (nSPS) is 25.2. The summed E-state index contributed by atoms with van der Waals surface area (Å²) in [7, 11) is 0. The molecule has 0 bridgehead atoms. The second-order valence-corrected chi connectivity index (χ2v) is 7.68. The Bertz CT molecular complexity index is 576. The lowest BCUT2D eigenvalue weighted by Crippen LogP contribution is -2.45. The molecule has 2 fully saturated rings. The van der Waals surface area contributed by atoms with Crippen LogP contribution in [0.4, 0.5) is 0 Å². The molecule has 0 radical (unpaired) electrons. The first-order valence-corrected chi connectivity index (χ1v) is 9.33. The summed E-state index contributed by atoms with van der Waals surface area (Å²) in [4.78, 5) is 12.4. The molecule has 140 valence electrons. The molecule has 3 N–H and O–H groups in total. The highest BCUT2D eigenvalue weighted by Gasteiger charge is 2.35. The molecule has 1 aliphatic heterocycles. The number of amides is 1. The summed E-state index contributed by atoms with van der Waals surface area (Å²) in [6.45, 7) is 2.07. The molecule has 0 aromatic heterocycles. The summed E-state index contributed by atoms with van der Waals surface area (Å²) in [5, 5.41) is 3.90. The number of hydrogen-bond donors (Lipinski definition) is 2. The number of nitrogens with one attached hydrogen (secondary N) is 1. The number of halogens is 2. The zero-order valence-corrected chi connectivity index (χ0v) is 16.1. The van der Waals surface area contributed by atoms with Gasteiger partial charge in [0.1, 0.15) is 0 Å². The molecule has 1 amide bonds. The van der Waals surface area contributed by atoms with E-state index in [1.54, 1.807) is 0 Å². The summed E-state index contributed by atoms with van der Waals surface area (Å²) in [5.41, 5.74) is 7.19.